The number of nitrogens with zero attached hydrogens (tertiary/aromatic N) is 2. The maximum absolute atomic E-state index is 13.4. The molecular weight excluding hydrogens is 362 g/mol. The van der Waals surface area contributed by atoms with Crippen LogP contribution in [0.15, 0.2) is 17.0 Å². The summed E-state index contributed by atoms with van der Waals surface area (Å²) < 4.78 is 28.2. The molecule has 1 aliphatic heterocycles. The molecule has 2 rings (SSSR count). The zero-order valence-electron chi connectivity index (χ0n) is 17.4. The van der Waals surface area contributed by atoms with E-state index in [4.69, 9.17) is 5.73 Å². The van der Waals surface area contributed by atoms with E-state index in [-0.39, 0.29) is 11.3 Å². The molecule has 2 N–H and O–H groups in total. The molecule has 1 aliphatic rings. The second-order valence-electron chi connectivity index (χ2n) is 8.56. The van der Waals surface area contributed by atoms with Crippen molar-refractivity contribution in [2.45, 2.75) is 58.4 Å². The van der Waals surface area contributed by atoms with E-state index in [0.717, 1.165) is 16.7 Å². The van der Waals surface area contributed by atoms with E-state index >= 15 is 0 Å². The molecule has 0 spiro atoms. The van der Waals surface area contributed by atoms with E-state index in [1.807, 2.05) is 46.8 Å². The summed E-state index contributed by atoms with van der Waals surface area (Å²) in [6.07, 6.45) is 1.24. The van der Waals surface area contributed by atoms with Crippen molar-refractivity contribution in [1.29, 1.82) is 0 Å². The zero-order chi connectivity index (χ0) is 20.6. The molecule has 1 fully saturated rings. The highest BCUT2D eigenvalue weighted by molar-refractivity contribution is 7.89. The van der Waals surface area contributed by atoms with E-state index in [0.29, 0.717) is 37.4 Å². The maximum Gasteiger partial charge on any atom is 0.244 e. The van der Waals surface area contributed by atoms with Crippen molar-refractivity contribution in [2.75, 3.05) is 26.7 Å². The first-order chi connectivity index (χ1) is 12.4. The lowest BCUT2D eigenvalue weighted by Crippen LogP contribution is -2.49. The molecule has 1 atom stereocenters. The minimum atomic E-state index is -3.73. The van der Waals surface area contributed by atoms with Gasteiger partial charge in [0.1, 0.15) is 6.04 Å². The molecule has 1 heterocycles. The van der Waals surface area contributed by atoms with Crippen LogP contribution in [-0.2, 0) is 14.8 Å². The number of carbonyl (C=O) groups excluding carboxylic acids is 1. The third-order valence-corrected chi connectivity index (χ3v) is 7.47. The predicted octanol–water partition coefficient (Wildman–Crippen LogP) is 2.21. The van der Waals surface area contributed by atoms with E-state index in [2.05, 4.69) is 0 Å². The molecule has 27 heavy (non-hydrogen) atoms. The van der Waals surface area contributed by atoms with Gasteiger partial charge < -0.3 is 10.6 Å². The molecular formula is C20H33N3O3S. The average molecular weight is 396 g/mol. The molecule has 0 aliphatic carbocycles. The Morgan fingerprint density at radius 2 is 1.81 bits per heavy atom. The highest BCUT2D eigenvalue weighted by Crippen LogP contribution is 2.31. The lowest BCUT2D eigenvalue weighted by atomic mass is 9.93. The number of carbonyl (C=O) groups is 1. The van der Waals surface area contributed by atoms with Gasteiger partial charge in [0.05, 0.1) is 4.90 Å². The van der Waals surface area contributed by atoms with Gasteiger partial charge in [-0.25, -0.2) is 8.42 Å². The van der Waals surface area contributed by atoms with Gasteiger partial charge in [0.2, 0.25) is 15.9 Å². The van der Waals surface area contributed by atoms with Gasteiger partial charge in [-0.2, -0.15) is 4.31 Å². The largest absolute Gasteiger partial charge is 0.344 e. The Morgan fingerprint density at radius 1 is 1.26 bits per heavy atom. The Kier molecular flexibility index (Phi) is 6.39. The summed E-state index contributed by atoms with van der Waals surface area (Å²) >= 11 is 0. The van der Waals surface area contributed by atoms with E-state index in [9.17, 15) is 13.2 Å². The smallest absolute Gasteiger partial charge is 0.244 e. The minimum Gasteiger partial charge on any atom is -0.344 e. The topological polar surface area (TPSA) is 83.7 Å². The summed E-state index contributed by atoms with van der Waals surface area (Å²) in [5.41, 5.74) is 8.05. The Labute approximate surface area is 163 Å². The van der Waals surface area contributed by atoms with Crippen LogP contribution in [-0.4, -0.2) is 56.3 Å². The summed E-state index contributed by atoms with van der Waals surface area (Å²) in [4.78, 5) is 15.0. The van der Waals surface area contributed by atoms with Crippen LogP contribution < -0.4 is 5.73 Å². The first kappa shape index (κ1) is 21.9. The van der Waals surface area contributed by atoms with Crippen LogP contribution in [0.4, 0.5) is 0 Å². The highest BCUT2D eigenvalue weighted by Gasteiger charge is 2.42. The van der Waals surface area contributed by atoms with Gasteiger partial charge >= 0.3 is 0 Å². The highest BCUT2D eigenvalue weighted by atomic mass is 32.2. The molecule has 0 bridgehead atoms. The summed E-state index contributed by atoms with van der Waals surface area (Å²) in [6, 6.07) is 3.11. The number of rotatable bonds is 6. The van der Waals surface area contributed by atoms with Crippen molar-refractivity contribution in [3.05, 3.63) is 28.8 Å². The second-order valence-corrected chi connectivity index (χ2v) is 10.4. The Bertz CT molecular complexity index is 795. The van der Waals surface area contributed by atoms with Crippen LogP contribution in [0, 0.1) is 26.2 Å². The molecule has 1 amide bonds. The monoisotopic (exact) mass is 395 g/mol. The average Bonchev–Trinajstić information content (AvgIpc) is 3.02. The Hall–Kier alpha value is -1.44. The van der Waals surface area contributed by atoms with Crippen LogP contribution in [0.25, 0.3) is 0 Å². The summed E-state index contributed by atoms with van der Waals surface area (Å²) in [5, 5.41) is 0. The lowest BCUT2D eigenvalue weighted by molar-refractivity contribution is -0.134. The van der Waals surface area contributed by atoms with Crippen molar-refractivity contribution < 1.29 is 13.2 Å². The molecule has 1 aromatic carbocycles. The molecule has 0 saturated carbocycles. The standard InChI is InChI=1S/C20H33N3O3S/c1-14-10-15(2)18(16(3)11-14)27(25,26)23-9-7-8-17(23)19(24)22(6)13-20(4,5)12-21/h10-11,17H,7-9,12-13,21H2,1-6H3. The first-order valence-corrected chi connectivity index (χ1v) is 10.9. The van der Waals surface area contributed by atoms with Crippen LogP contribution in [0.2, 0.25) is 0 Å². The number of amides is 1. The van der Waals surface area contributed by atoms with Crippen molar-refractivity contribution in [1.82, 2.24) is 9.21 Å². The van der Waals surface area contributed by atoms with Crippen LogP contribution in [0.1, 0.15) is 43.4 Å². The number of hydrogen-bond donors (Lipinski definition) is 1. The molecule has 1 unspecified atom stereocenters. The van der Waals surface area contributed by atoms with Crippen molar-refractivity contribution >= 4 is 15.9 Å². The van der Waals surface area contributed by atoms with Gasteiger partial charge in [-0.05, 0) is 56.7 Å². The Balaban J connectivity index is 2.34. The third kappa shape index (κ3) is 4.52. The van der Waals surface area contributed by atoms with Crippen LogP contribution in [0.3, 0.4) is 0 Å². The predicted molar refractivity (Wildman–Crippen MR) is 108 cm³/mol. The van der Waals surface area contributed by atoms with E-state index < -0.39 is 16.1 Å². The second kappa shape index (κ2) is 7.89. The lowest BCUT2D eigenvalue weighted by Gasteiger charge is -2.33. The minimum absolute atomic E-state index is 0.153. The van der Waals surface area contributed by atoms with Gasteiger partial charge in [0.25, 0.3) is 0 Å². The van der Waals surface area contributed by atoms with Crippen molar-refractivity contribution in [2.24, 2.45) is 11.1 Å². The molecule has 1 saturated heterocycles. The number of sulfonamides is 1. The van der Waals surface area contributed by atoms with Gasteiger partial charge in [0, 0.05) is 20.1 Å². The number of aryl methyl sites for hydroxylation is 3. The summed E-state index contributed by atoms with van der Waals surface area (Å²) in [5.74, 6) is -0.153. The van der Waals surface area contributed by atoms with Gasteiger partial charge in [0.15, 0.2) is 0 Å². The van der Waals surface area contributed by atoms with Crippen molar-refractivity contribution in [3.63, 3.8) is 0 Å². The number of hydrogen-bond acceptors (Lipinski definition) is 4. The molecule has 1 aromatic rings. The maximum atomic E-state index is 13.4. The van der Waals surface area contributed by atoms with E-state index in [1.165, 1.54) is 4.31 Å². The quantitative estimate of drug-likeness (QED) is 0.800. The SMILES string of the molecule is Cc1cc(C)c(S(=O)(=O)N2CCCC2C(=O)N(C)CC(C)(C)CN)c(C)c1. The van der Waals surface area contributed by atoms with Gasteiger partial charge in [-0.3, -0.25) is 4.79 Å². The van der Waals surface area contributed by atoms with Gasteiger partial charge in [-0.15, -0.1) is 0 Å². The molecule has 6 nitrogen and oxygen atoms in total. The molecule has 0 radical (unpaired) electrons. The Morgan fingerprint density at radius 3 is 2.33 bits per heavy atom. The fraction of sp³-hybridized carbons (Fsp3) is 0.650. The molecule has 0 aromatic heterocycles. The summed E-state index contributed by atoms with van der Waals surface area (Å²) in [6.45, 7) is 10.9. The fourth-order valence-electron chi connectivity index (χ4n) is 4.00. The molecule has 7 heteroatoms. The number of nitrogens with two attached hydrogens (primary N) is 1. The normalized spacial score (nSPS) is 18.7. The third-order valence-electron chi connectivity index (χ3n) is 5.25. The van der Waals surface area contributed by atoms with Crippen LogP contribution in [0.5, 0.6) is 0 Å². The zero-order valence-corrected chi connectivity index (χ0v) is 18.2. The van der Waals surface area contributed by atoms with Crippen LogP contribution >= 0.6 is 0 Å². The first-order valence-electron chi connectivity index (χ1n) is 9.45. The van der Waals surface area contributed by atoms with Crippen molar-refractivity contribution in [3.8, 4) is 0 Å². The van der Waals surface area contributed by atoms with Gasteiger partial charge in [-0.1, -0.05) is 31.5 Å². The summed E-state index contributed by atoms with van der Waals surface area (Å²) in [7, 11) is -2.01. The number of benzene rings is 1. The van der Waals surface area contributed by atoms with E-state index in [1.54, 1.807) is 11.9 Å². The fourth-order valence-corrected chi connectivity index (χ4v) is 6.07. The number of likely N-dealkylation sites (N-methyl/N-ethyl adjacent to an activating group) is 1. The molecule has 152 valence electrons.